The van der Waals surface area contributed by atoms with Crippen LogP contribution < -0.4 is 11.1 Å². The van der Waals surface area contributed by atoms with Gasteiger partial charge in [0.2, 0.25) is 0 Å². The quantitative estimate of drug-likeness (QED) is 0.233. The van der Waals surface area contributed by atoms with E-state index in [4.69, 9.17) is 10.9 Å². The van der Waals surface area contributed by atoms with Gasteiger partial charge in [0, 0.05) is 12.5 Å². The van der Waals surface area contributed by atoms with Crippen molar-refractivity contribution < 1.29 is 5.21 Å². The van der Waals surface area contributed by atoms with Crippen LogP contribution >= 0.6 is 0 Å². The highest BCUT2D eigenvalue weighted by Gasteiger charge is 2.03. The molecule has 0 aromatic heterocycles. The summed E-state index contributed by atoms with van der Waals surface area (Å²) in [5, 5.41) is 14.7. The smallest absolute Gasteiger partial charge is 0.139 e. The third kappa shape index (κ3) is 4.87. The van der Waals surface area contributed by atoms with Gasteiger partial charge in [0.1, 0.15) is 5.84 Å². The van der Waals surface area contributed by atoms with Gasteiger partial charge in [-0.1, -0.05) is 35.0 Å². The van der Waals surface area contributed by atoms with E-state index in [9.17, 15) is 0 Å². The first-order chi connectivity index (χ1) is 8.13. The molecule has 1 rings (SSSR count). The van der Waals surface area contributed by atoms with E-state index < -0.39 is 0 Å². The average Bonchev–Trinajstić information content (AvgIpc) is 2.34. The fraction of sp³-hybridized carbons (Fsp3) is 0.462. The number of hydrogen-bond donors (Lipinski definition) is 3. The predicted molar refractivity (Wildman–Crippen MR) is 70.2 cm³/mol. The number of hydrogen-bond acceptors (Lipinski definition) is 3. The van der Waals surface area contributed by atoms with E-state index in [0.29, 0.717) is 12.5 Å². The lowest BCUT2D eigenvalue weighted by molar-refractivity contribution is 0.316. The Hall–Kier alpha value is -1.55. The molecular formula is C13H21N3O. The summed E-state index contributed by atoms with van der Waals surface area (Å²) in [6.45, 7) is 5.07. The second-order valence-corrected chi connectivity index (χ2v) is 4.28. The molecule has 0 amide bonds. The monoisotopic (exact) mass is 235 g/mol. The Morgan fingerprint density at radius 1 is 1.41 bits per heavy atom. The molecule has 0 spiro atoms. The number of nitrogens with zero attached hydrogens (tertiary/aromatic N) is 1. The van der Waals surface area contributed by atoms with Crippen LogP contribution in [0.15, 0.2) is 29.4 Å². The molecule has 4 N–H and O–H groups in total. The number of amidine groups is 1. The van der Waals surface area contributed by atoms with Gasteiger partial charge in [-0.3, -0.25) is 0 Å². The van der Waals surface area contributed by atoms with E-state index in [0.717, 1.165) is 13.0 Å². The Morgan fingerprint density at radius 3 is 2.65 bits per heavy atom. The Balaban J connectivity index is 2.30. The minimum Gasteiger partial charge on any atom is -0.409 e. The molecule has 1 atom stereocenters. The molecule has 4 heteroatoms. The van der Waals surface area contributed by atoms with Crippen molar-refractivity contribution in [1.82, 2.24) is 5.32 Å². The molecule has 17 heavy (non-hydrogen) atoms. The Kier molecular flexibility index (Phi) is 5.49. The Morgan fingerprint density at radius 2 is 2.06 bits per heavy atom. The standard InChI is InChI=1S/C13H21N3O/c1-10-5-7-12(8-6-10)11(2)15-9-3-4-13(14)16-17/h5-8,11,15,17H,3-4,9H2,1-2H3,(H2,14,16)/t11-/m0/s1. The van der Waals surface area contributed by atoms with Crippen LogP contribution in [0.1, 0.15) is 36.9 Å². The van der Waals surface area contributed by atoms with Gasteiger partial charge in [-0.15, -0.1) is 0 Å². The van der Waals surface area contributed by atoms with Crippen molar-refractivity contribution in [3.63, 3.8) is 0 Å². The zero-order chi connectivity index (χ0) is 12.7. The summed E-state index contributed by atoms with van der Waals surface area (Å²) >= 11 is 0. The van der Waals surface area contributed by atoms with Gasteiger partial charge < -0.3 is 16.3 Å². The van der Waals surface area contributed by atoms with E-state index >= 15 is 0 Å². The molecule has 94 valence electrons. The number of nitrogens with one attached hydrogen (secondary N) is 1. The number of oxime groups is 1. The highest BCUT2D eigenvalue weighted by atomic mass is 16.4. The molecule has 0 aliphatic carbocycles. The molecule has 0 aliphatic rings. The van der Waals surface area contributed by atoms with Gasteiger partial charge in [-0.05, 0) is 32.4 Å². The van der Waals surface area contributed by atoms with Crippen molar-refractivity contribution in [2.75, 3.05) is 6.54 Å². The SMILES string of the molecule is Cc1ccc([C@H](C)NCCC/C(N)=N/O)cc1. The normalized spacial score (nSPS) is 13.6. The predicted octanol–water partition coefficient (Wildman–Crippen LogP) is 2.17. The van der Waals surface area contributed by atoms with Gasteiger partial charge in [-0.25, -0.2) is 0 Å². The van der Waals surface area contributed by atoms with Crippen LogP contribution in [-0.2, 0) is 0 Å². The zero-order valence-corrected chi connectivity index (χ0v) is 10.5. The van der Waals surface area contributed by atoms with E-state index in [-0.39, 0.29) is 5.84 Å². The van der Waals surface area contributed by atoms with Crippen LogP contribution in [0.5, 0.6) is 0 Å². The van der Waals surface area contributed by atoms with Gasteiger partial charge in [0.15, 0.2) is 0 Å². The van der Waals surface area contributed by atoms with Gasteiger partial charge in [-0.2, -0.15) is 0 Å². The van der Waals surface area contributed by atoms with Crippen molar-refractivity contribution in [1.29, 1.82) is 0 Å². The first-order valence-electron chi connectivity index (χ1n) is 5.90. The molecular weight excluding hydrogens is 214 g/mol. The zero-order valence-electron chi connectivity index (χ0n) is 10.5. The molecule has 0 saturated heterocycles. The Bertz CT molecular complexity index is 359. The topological polar surface area (TPSA) is 70.6 Å². The Labute approximate surface area is 103 Å². The van der Waals surface area contributed by atoms with Gasteiger partial charge in [0.05, 0.1) is 0 Å². The lowest BCUT2D eigenvalue weighted by atomic mass is 10.1. The van der Waals surface area contributed by atoms with E-state index in [2.05, 4.69) is 48.6 Å². The van der Waals surface area contributed by atoms with E-state index in [1.54, 1.807) is 0 Å². The molecule has 0 bridgehead atoms. The van der Waals surface area contributed by atoms with Crippen LogP contribution in [0.25, 0.3) is 0 Å². The van der Waals surface area contributed by atoms with E-state index in [1.165, 1.54) is 11.1 Å². The molecule has 1 aromatic carbocycles. The highest BCUT2D eigenvalue weighted by molar-refractivity contribution is 5.79. The van der Waals surface area contributed by atoms with Crippen molar-refractivity contribution in [3.05, 3.63) is 35.4 Å². The third-order valence-electron chi connectivity index (χ3n) is 2.77. The van der Waals surface area contributed by atoms with Crippen LogP contribution in [0.2, 0.25) is 0 Å². The summed E-state index contributed by atoms with van der Waals surface area (Å²) in [5.74, 6) is 0.287. The first kappa shape index (κ1) is 13.5. The molecule has 4 nitrogen and oxygen atoms in total. The van der Waals surface area contributed by atoms with Crippen molar-refractivity contribution in [2.45, 2.75) is 32.7 Å². The molecule has 0 saturated carbocycles. The summed E-state index contributed by atoms with van der Waals surface area (Å²) in [6, 6.07) is 8.82. The van der Waals surface area contributed by atoms with Crippen molar-refractivity contribution >= 4 is 5.84 Å². The van der Waals surface area contributed by atoms with Crippen LogP contribution in [0, 0.1) is 6.92 Å². The van der Waals surface area contributed by atoms with Crippen LogP contribution in [0.4, 0.5) is 0 Å². The minimum atomic E-state index is 0.287. The van der Waals surface area contributed by atoms with Crippen LogP contribution in [0.3, 0.4) is 0 Å². The van der Waals surface area contributed by atoms with Gasteiger partial charge in [0.25, 0.3) is 0 Å². The first-order valence-corrected chi connectivity index (χ1v) is 5.90. The average molecular weight is 235 g/mol. The maximum atomic E-state index is 8.39. The maximum Gasteiger partial charge on any atom is 0.139 e. The molecule has 0 radical (unpaired) electrons. The fourth-order valence-corrected chi connectivity index (χ4v) is 1.61. The third-order valence-corrected chi connectivity index (χ3v) is 2.77. The van der Waals surface area contributed by atoms with Crippen LogP contribution in [-0.4, -0.2) is 17.6 Å². The van der Waals surface area contributed by atoms with E-state index in [1.807, 2.05) is 0 Å². The molecule has 0 aliphatic heterocycles. The largest absolute Gasteiger partial charge is 0.409 e. The highest BCUT2D eigenvalue weighted by Crippen LogP contribution is 2.12. The van der Waals surface area contributed by atoms with Crippen molar-refractivity contribution in [3.8, 4) is 0 Å². The number of nitrogens with two attached hydrogens (primary N) is 1. The minimum absolute atomic E-state index is 0.287. The molecule has 1 aromatic rings. The number of rotatable bonds is 6. The second-order valence-electron chi connectivity index (χ2n) is 4.28. The molecule has 0 fully saturated rings. The maximum absolute atomic E-state index is 8.39. The van der Waals surface area contributed by atoms with Gasteiger partial charge >= 0.3 is 0 Å². The summed E-state index contributed by atoms with van der Waals surface area (Å²) < 4.78 is 0. The van der Waals surface area contributed by atoms with Crippen molar-refractivity contribution in [2.24, 2.45) is 10.9 Å². The molecule has 0 unspecified atom stereocenters. The summed E-state index contributed by atoms with van der Waals surface area (Å²) in [6.07, 6.45) is 1.48. The number of aryl methyl sites for hydroxylation is 1. The molecule has 0 heterocycles. The number of benzene rings is 1. The lowest BCUT2D eigenvalue weighted by Crippen LogP contribution is -2.21. The summed E-state index contributed by atoms with van der Waals surface area (Å²) in [5.41, 5.74) is 7.94. The summed E-state index contributed by atoms with van der Waals surface area (Å²) in [7, 11) is 0. The summed E-state index contributed by atoms with van der Waals surface area (Å²) in [4.78, 5) is 0. The fourth-order valence-electron chi connectivity index (χ4n) is 1.61. The second kappa shape index (κ2) is 6.91. The lowest BCUT2D eigenvalue weighted by Gasteiger charge is -2.14.